The molecular formula is C25H26F2N6. The van der Waals surface area contributed by atoms with E-state index in [1.807, 2.05) is 4.57 Å². The monoisotopic (exact) mass is 448 g/mol. The van der Waals surface area contributed by atoms with Crippen LogP contribution in [0.5, 0.6) is 0 Å². The van der Waals surface area contributed by atoms with Gasteiger partial charge in [0.2, 0.25) is 0 Å². The first-order valence-corrected chi connectivity index (χ1v) is 11.5. The van der Waals surface area contributed by atoms with Crippen molar-refractivity contribution < 1.29 is 8.78 Å². The predicted molar refractivity (Wildman–Crippen MR) is 122 cm³/mol. The van der Waals surface area contributed by atoms with Crippen molar-refractivity contribution in [3.63, 3.8) is 0 Å². The molecule has 6 rings (SSSR count). The van der Waals surface area contributed by atoms with Crippen molar-refractivity contribution in [2.45, 2.75) is 25.4 Å². The first kappa shape index (κ1) is 20.5. The quantitative estimate of drug-likeness (QED) is 0.488. The van der Waals surface area contributed by atoms with Crippen molar-refractivity contribution in [2.75, 3.05) is 26.2 Å². The van der Waals surface area contributed by atoms with Crippen molar-refractivity contribution >= 4 is 10.9 Å². The Bertz CT molecular complexity index is 1270. The van der Waals surface area contributed by atoms with Crippen LogP contribution in [0.2, 0.25) is 0 Å². The number of benzene rings is 2. The number of aromatic nitrogens is 4. The molecule has 2 aromatic heterocycles. The van der Waals surface area contributed by atoms with Crippen molar-refractivity contribution in [1.29, 1.82) is 0 Å². The third kappa shape index (κ3) is 3.94. The number of nitrogens with one attached hydrogen (secondary N) is 1. The van der Waals surface area contributed by atoms with Crippen molar-refractivity contribution in [3.05, 3.63) is 78.0 Å². The Balaban J connectivity index is 1.12. The summed E-state index contributed by atoms with van der Waals surface area (Å²) in [5.74, 6) is -0.349. The topological polar surface area (TPSA) is 53.0 Å². The van der Waals surface area contributed by atoms with E-state index >= 15 is 0 Å². The molecule has 2 saturated heterocycles. The van der Waals surface area contributed by atoms with E-state index in [-0.39, 0.29) is 0 Å². The highest BCUT2D eigenvalue weighted by Crippen LogP contribution is 2.33. The smallest absolute Gasteiger partial charge is 0.130 e. The number of rotatable bonds is 6. The molecule has 4 heterocycles. The van der Waals surface area contributed by atoms with Crippen LogP contribution in [-0.2, 0) is 13.0 Å². The van der Waals surface area contributed by atoms with Crippen molar-refractivity contribution in [2.24, 2.45) is 5.92 Å². The molecule has 8 heteroatoms. The Morgan fingerprint density at radius 1 is 1.00 bits per heavy atom. The van der Waals surface area contributed by atoms with Gasteiger partial charge >= 0.3 is 0 Å². The summed E-state index contributed by atoms with van der Waals surface area (Å²) in [4.78, 5) is 8.30. The maximum atomic E-state index is 14.1. The number of hydrogen-bond acceptors (Lipinski definition) is 4. The summed E-state index contributed by atoms with van der Waals surface area (Å²) in [5.41, 5.74) is 4.07. The highest BCUT2D eigenvalue weighted by Gasteiger charge is 2.40. The normalized spacial score (nSPS) is 21.3. The Kier molecular flexibility index (Phi) is 5.19. The molecule has 2 atom stereocenters. The first-order valence-electron chi connectivity index (χ1n) is 11.5. The summed E-state index contributed by atoms with van der Waals surface area (Å²) in [6, 6.07) is 10.8. The van der Waals surface area contributed by atoms with Gasteiger partial charge in [0.15, 0.2) is 0 Å². The largest absolute Gasteiger partial charge is 0.361 e. The van der Waals surface area contributed by atoms with Gasteiger partial charge < -0.3 is 4.98 Å². The standard InChI is InChI=1S/C25H26F2N6/c26-20-2-1-18(23(27)9-20)12-31-13-19-6-8-32(25(19)14-31)7-5-17-11-28-24-4-3-21(10-22(17)24)33-15-29-30-16-33/h1-4,9-11,15-16,19,25,28H,5-8,12-14H2/t19-,25+/m0/s1. The van der Waals surface area contributed by atoms with E-state index in [2.05, 4.69) is 49.4 Å². The fraction of sp³-hybridized carbons (Fsp3) is 0.360. The minimum absolute atomic E-state index is 0.450. The SMILES string of the molecule is Fc1ccc(CN2C[C@@H]3CCN(CCc4c[nH]c5ccc(-n6cnnc6)cc45)[C@@H]3C2)c(F)c1. The number of H-pyrrole nitrogens is 1. The molecule has 6 nitrogen and oxygen atoms in total. The summed E-state index contributed by atoms with van der Waals surface area (Å²) in [6.45, 7) is 4.58. The number of hydrogen-bond donors (Lipinski definition) is 1. The van der Waals surface area contributed by atoms with Gasteiger partial charge in [-0.25, -0.2) is 8.78 Å². The molecule has 2 aromatic carbocycles. The summed E-state index contributed by atoms with van der Waals surface area (Å²) in [7, 11) is 0. The van der Waals surface area contributed by atoms with Gasteiger partial charge in [-0.05, 0) is 55.1 Å². The molecule has 170 valence electrons. The molecular weight excluding hydrogens is 422 g/mol. The zero-order chi connectivity index (χ0) is 22.4. The number of likely N-dealkylation sites (tertiary alicyclic amines) is 2. The minimum atomic E-state index is -0.521. The van der Waals surface area contributed by atoms with Gasteiger partial charge in [-0.15, -0.1) is 10.2 Å². The summed E-state index contributed by atoms with van der Waals surface area (Å²) >= 11 is 0. The molecule has 0 saturated carbocycles. The van der Waals surface area contributed by atoms with E-state index in [0.29, 0.717) is 24.1 Å². The molecule has 2 aliphatic rings. The van der Waals surface area contributed by atoms with Crippen LogP contribution in [0.15, 0.2) is 55.2 Å². The van der Waals surface area contributed by atoms with Crippen LogP contribution in [0.25, 0.3) is 16.6 Å². The maximum Gasteiger partial charge on any atom is 0.130 e. The molecule has 0 aliphatic carbocycles. The molecule has 1 N–H and O–H groups in total. The molecule has 0 amide bonds. The van der Waals surface area contributed by atoms with Crippen LogP contribution < -0.4 is 0 Å². The maximum absolute atomic E-state index is 14.1. The molecule has 0 radical (unpaired) electrons. The lowest BCUT2D eigenvalue weighted by Crippen LogP contribution is -2.36. The Morgan fingerprint density at radius 2 is 1.88 bits per heavy atom. The number of fused-ring (bicyclic) bond motifs is 2. The van der Waals surface area contributed by atoms with Crippen LogP contribution >= 0.6 is 0 Å². The molecule has 0 unspecified atom stereocenters. The minimum Gasteiger partial charge on any atom is -0.361 e. The second-order valence-electron chi connectivity index (χ2n) is 9.24. The lowest BCUT2D eigenvalue weighted by molar-refractivity contribution is 0.223. The molecule has 2 aliphatic heterocycles. The first-order chi connectivity index (χ1) is 16.1. The predicted octanol–water partition coefficient (Wildman–Crippen LogP) is 3.78. The van der Waals surface area contributed by atoms with E-state index in [1.54, 1.807) is 18.7 Å². The Morgan fingerprint density at radius 3 is 2.73 bits per heavy atom. The third-order valence-corrected chi connectivity index (χ3v) is 7.28. The van der Waals surface area contributed by atoms with Crippen molar-refractivity contribution in [3.8, 4) is 5.69 Å². The van der Waals surface area contributed by atoms with Crippen molar-refractivity contribution in [1.82, 2.24) is 29.5 Å². The molecule has 0 bridgehead atoms. The van der Waals surface area contributed by atoms with Crippen LogP contribution in [0.1, 0.15) is 17.5 Å². The summed E-state index contributed by atoms with van der Waals surface area (Å²) < 4.78 is 29.2. The van der Waals surface area contributed by atoms with Crippen LogP contribution in [0.4, 0.5) is 8.78 Å². The summed E-state index contributed by atoms with van der Waals surface area (Å²) in [5, 5.41) is 9.05. The van der Waals surface area contributed by atoms with Gasteiger partial charge in [0.1, 0.15) is 24.3 Å². The van der Waals surface area contributed by atoms with Gasteiger partial charge in [0.25, 0.3) is 0 Å². The van der Waals surface area contributed by atoms with Gasteiger partial charge in [-0.1, -0.05) is 6.07 Å². The Hall–Kier alpha value is -3.10. The molecule has 2 fully saturated rings. The third-order valence-electron chi connectivity index (χ3n) is 7.28. The zero-order valence-electron chi connectivity index (χ0n) is 18.3. The highest BCUT2D eigenvalue weighted by molar-refractivity contribution is 5.85. The van der Waals surface area contributed by atoms with E-state index in [1.165, 1.54) is 23.4 Å². The summed E-state index contributed by atoms with van der Waals surface area (Å²) in [6.07, 6.45) is 7.69. The molecule has 0 spiro atoms. The van der Waals surface area contributed by atoms with E-state index < -0.39 is 11.6 Å². The average molecular weight is 449 g/mol. The average Bonchev–Trinajstić information content (AvgIpc) is 3.59. The second kappa shape index (κ2) is 8.35. The van der Waals surface area contributed by atoms with Gasteiger partial charge in [0.05, 0.1) is 0 Å². The van der Waals surface area contributed by atoms with E-state index in [0.717, 1.165) is 49.9 Å². The van der Waals surface area contributed by atoms with E-state index in [4.69, 9.17) is 0 Å². The highest BCUT2D eigenvalue weighted by atomic mass is 19.1. The van der Waals surface area contributed by atoms with Crippen LogP contribution in [0, 0.1) is 17.6 Å². The second-order valence-corrected chi connectivity index (χ2v) is 9.24. The number of halogens is 2. The number of aromatic amines is 1. The van der Waals surface area contributed by atoms with Crippen LogP contribution in [-0.4, -0.2) is 61.8 Å². The van der Waals surface area contributed by atoms with Gasteiger partial charge in [0, 0.05) is 66.6 Å². The molecule has 33 heavy (non-hydrogen) atoms. The van der Waals surface area contributed by atoms with Crippen LogP contribution in [0.3, 0.4) is 0 Å². The number of nitrogens with zero attached hydrogens (tertiary/aromatic N) is 5. The molecule has 4 aromatic rings. The fourth-order valence-corrected chi connectivity index (χ4v) is 5.57. The fourth-order valence-electron chi connectivity index (χ4n) is 5.57. The van der Waals surface area contributed by atoms with E-state index in [9.17, 15) is 8.78 Å². The lowest BCUT2D eigenvalue weighted by atomic mass is 10.0. The zero-order valence-corrected chi connectivity index (χ0v) is 18.3. The van der Waals surface area contributed by atoms with Gasteiger partial charge in [-0.2, -0.15) is 0 Å². The van der Waals surface area contributed by atoms with Gasteiger partial charge in [-0.3, -0.25) is 14.4 Å². The lowest BCUT2D eigenvalue weighted by Gasteiger charge is -2.25. The Labute approximate surface area is 190 Å².